The minimum absolute atomic E-state index is 0.0868. The molecule has 2 aliphatic heterocycles. The minimum Gasteiger partial charge on any atom is -0.381 e. The summed E-state index contributed by atoms with van der Waals surface area (Å²) in [6, 6.07) is 0. The van der Waals surface area contributed by atoms with E-state index in [1.165, 1.54) is 8.61 Å². The standard InChI is InChI=1S/C14H27N3O4S/c1-4-16-11-12(9-14(16)18)10-15(2)22(19,20)17-7-5-13(21-3)6-8-17/h12-13H,4-11H2,1-3H3/t12-/m0/s1. The third-order valence-corrected chi connectivity index (χ3v) is 6.60. The van der Waals surface area contributed by atoms with Gasteiger partial charge in [0.25, 0.3) is 10.2 Å². The number of ether oxygens (including phenoxy) is 1. The highest BCUT2D eigenvalue weighted by Gasteiger charge is 2.35. The van der Waals surface area contributed by atoms with E-state index < -0.39 is 10.2 Å². The quantitative estimate of drug-likeness (QED) is 0.693. The minimum atomic E-state index is -3.44. The second-order valence-electron chi connectivity index (χ2n) is 6.12. The number of carbonyl (C=O) groups excluding carboxylic acids is 1. The van der Waals surface area contributed by atoms with E-state index in [1.54, 1.807) is 19.1 Å². The van der Waals surface area contributed by atoms with Crippen molar-refractivity contribution in [1.29, 1.82) is 0 Å². The van der Waals surface area contributed by atoms with E-state index in [0.717, 1.165) is 12.8 Å². The Morgan fingerprint density at radius 2 is 1.95 bits per heavy atom. The van der Waals surface area contributed by atoms with Crippen LogP contribution < -0.4 is 0 Å². The topological polar surface area (TPSA) is 70.2 Å². The molecule has 1 atom stereocenters. The van der Waals surface area contributed by atoms with Crippen molar-refractivity contribution >= 4 is 16.1 Å². The van der Waals surface area contributed by atoms with Gasteiger partial charge in [-0.15, -0.1) is 0 Å². The van der Waals surface area contributed by atoms with Crippen LogP contribution in [-0.4, -0.2) is 80.8 Å². The number of likely N-dealkylation sites (tertiary alicyclic amines) is 1. The molecule has 0 saturated carbocycles. The zero-order chi connectivity index (χ0) is 16.3. The Morgan fingerprint density at radius 3 is 2.45 bits per heavy atom. The summed E-state index contributed by atoms with van der Waals surface area (Å²) in [6.07, 6.45) is 2.06. The lowest BCUT2D eigenvalue weighted by Gasteiger charge is -2.33. The van der Waals surface area contributed by atoms with E-state index >= 15 is 0 Å². The summed E-state index contributed by atoms with van der Waals surface area (Å²) in [6.45, 7) is 4.68. The van der Waals surface area contributed by atoms with Gasteiger partial charge in [0.1, 0.15) is 0 Å². The van der Waals surface area contributed by atoms with Gasteiger partial charge in [-0.2, -0.15) is 17.0 Å². The van der Waals surface area contributed by atoms with E-state index in [0.29, 0.717) is 39.1 Å². The van der Waals surface area contributed by atoms with Crippen LogP contribution in [0.25, 0.3) is 0 Å². The molecular formula is C14H27N3O4S. The van der Waals surface area contributed by atoms with Crippen molar-refractivity contribution in [2.75, 3.05) is 46.9 Å². The number of hydrogen-bond acceptors (Lipinski definition) is 4. The lowest BCUT2D eigenvalue weighted by atomic mass is 10.1. The van der Waals surface area contributed by atoms with Crippen LogP contribution in [0, 0.1) is 5.92 Å². The number of nitrogens with zero attached hydrogens (tertiary/aromatic N) is 3. The predicted molar refractivity (Wildman–Crippen MR) is 83.5 cm³/mol. The van der Waals surface area contributed by atoms with Gasteiger partial charge in [0.05, 0.1) is 6.10 Å². The summed E-state index contributed by atoms with van der Waals surface area (Å²) in [5, 5.41) is 0. The maximum Gasteiger partial charge on any atom is 0.281 e. The summed E-state index contributed by atoms with van der Waals surface area (Å²) in [4.78, 5) is 13.5. The lowest BCUT2D eigenvalue weighted by Crippen LogP contribution is -2.48. The molecule has 0 aromatic carbocycles. The van der Waals surface area contributed by atoms with Gasteiger partial charge >= 0.3 is 0 Å². The van der Waals surface area contributed by atoms with Crippen LogP contribution in [0.5, 0.6) is 0 Å². The normalized spacial score (nSPS) is 25.4. The number of methoxy groups -OCH3 is 1. The van der Waals surface area contributed by atoms with Gasteiger partial charge in [0.2, 0.25) is 5.91 Å². The molecule has 2 heterocycles. The Morgan fingerprint density at radius 1 is 1.32 bits per heavy atom. The lowest BCUT2D eigenvalue weighted by molar-refractivity contribution is -0.127. The van der Waals surface area contributed by atoms with E-state index in [4.69, 9.17) is 4.74 Å². The molecule has 0 aromatic heterocycles. The van der Waals surface area contributed by atoms with Crippen molar-refractivity contribution in [2.45, 2.75) is 32.3 Å². The summed E-state index contributed by atoms with van der Waals surface area (Å²) >= 11 is 0. The molecule has 22 heavy (non-hydrogen) atoms. The molecule has 2 fully saturated rings. The average molecular weight is 333 g/mol. The highest BCUT2D eigenvalue weighted by molar-refractivity contribution is 7.86. The van der Waals surface area contributed by atoms with Crippen molar-refractivity contribution < 1.29 is 17.9 Å². The molecule has 0 spiro atoms. The highest BCUT2D eigenvalue weighted by atomic mass is 32.2. The smallest absolute Gasteiger partial charge is 0.281 e. The Bertz CT molecular complexity index is 488. The number of carbonyl (C=O) groups is 1. The molecule has 0 radical (unpaired) electrons. The molecule has 0 N–H and O–H groups in total. The second kappa shape index (κ2) is 7.25. The van der Waals surface area contributed by atoms with Gasteiger partial charge in [-0.1, -0.05) is 0 Å². The van der Waals surface area contributed by atoms with Crippen molar-refractivity contribution in [2.24, 2.45) is 5.92 Å². The van der Waals surface area contributed by atoms with Gasteiger partial charge in [-0.25, -0.2) is 0 Å². The summed E-state index contributed by atoms with van der Waals surface area (Å²) in [5.74, 6) is 0.211. The van der Waals surface area contributed by atoms with Gasteiger partial charge < -0.3 is 9.64 Å². The first-order valence-electron chi connectivity index (χ1n) is 7.90. The zero-order valence-corrected chi connectivity index (χ0v) is 14.5. The molecule has 0 aliphatic carbocycles. The molecule has 0 aromatic rings. The Labute approximate surface area is 133 Å². The second-order valence-corrected chi connectivity index (χ2v) is 8.16. The van der Waals surface area contributed by atoms with Crippen molar-refractivity contribution in [3.63, 3.8) is 0 Å². The monoisotopic (exact) mass is 333 g/mol. The van der Waals surface area contributed by atoms with Gasteiger partial charge in [0.15, 0.2) is 0 Å². The van der Waals surface area contributed by atoms with Crippen molar-refractivity contribution in [3.05, 3.63) is 0 Å². The Hall–Kier alpha value is -0.700. The predicted octanol–water partition coefficient (Wildman–Crippen LogP) is 0.142. The number of amides is 1. The molecule has 8 heteroatoms. The van der Waals surface area contributed by atoms with Crippen LogP contribution in [0.1, 0.15) is 26.2 Å². The Balaban J connectivity index is 1.91. The third kappa shape index (κ3) is 3.79. The van der Waals surface area contributed by atoms with Gasteiger partial charge in [0, 0.05) is 53.3 Å². The van der Waals surface area contributed by atoms with Crippen LogP contribution in [-0.2, 0) is 19.7 Å². The average Bonchev–Trinajstić information content (AvgIpc) is 2.86. The molecule has 2 aliphatic rings. The fraction of sp³-hybridized carbons (Fsp3) is 0.929. The molecule has 2 rings (SSSR count). The first-order chi connectivity index (χ1) is 10.4. The Kier molecular flexibility index (Phi) is 5.81. The van der Waals surface area contributed by atoms with Gasteiger partial charge in [-0.05, 0) is 25.7 Å². The van der Waals surface area contributed by atoms with Crippen molar-refractivity contribution in [3.8, 4) is 0 Å². The third-order valence-electron chi connectivity index (χ3n) is 4.65. The maximum absolute atomic E-state index is 12.6. The number of rotatable bonds is 6. The number of piperidine rings is 1. The van der Waals surface area contributed by atoms with E-state index in [-0.39, 0.29) is 17.9 Å². The van der Waals surface area contributed by atoms with Crippen LogP contribution in [0.15, 0.2) is 0 Å². The summed E-state index contributed by atoms with van der Waals surface area (Å²) in [7, 11) is -0.169. The molecule has 128 valence electrons. The van der Waals surface area contributed by atoms with Crippen molar-refractivity contribution in [1.82, 2.24) is 13.5 Å². The fourth-order valence-corrected chi connectivity index (χ4v) is 4.70. The summed E-state index contributed by atoms with van der Waals surface area (Å²) in [5.41, 5.74) is 0. The van der Waals surface area contributed by atoms with Crippen LogP contribution in [0.4, 0.5) is 0 Å². The fourth-order valence-electron chi connectivity index (χ4n) is 3.24. The molecular weight excluding hydrogens is 306 g/mol. The SMILES string of the molecule is CCN1C[C@H](CN(C)S(=O)(=O)N2CCC(OC)CC2)CC1=O. The number of hydrogen-bond donors (Lipinski definition) is 0. The van der Waals surface area contributed by atoms with Gasteiger partial charge in [-0.3, -0.25) is 4.79 Å². The van der Waals surface area contributed by atoms with Crippen LogP contribution >= 0.6 is 0 Å². The maximum atomic E-state index is 12.6. The molecule has 7 nitrogen and oxygen atoms in total. The summed E-state index contributed by atoms with van der Waals surface area (Å²) < 4.78 is 33.4. The zero-order valence-electron chi connectivity index (χ0n) is 13.7. The van der Waals surface area contributed by atoms with E-state index in [2.05, 4.69) is 0 Å². The van der Waals surface area contributed by atoms with E-state index in [9.17, 15) is 13.2 Å². The largest absolute Gasteiger partial charge is 0.381 e. The highest BCUT2D eigenvalue weighted by Crippen LogP contribution is 2.22. The molecule has 0 bridgehead atoms. The van der Waals surface area contributed by atoms with E-state index in [1.807, 2.05) is 6.92 Å². The first-order valence-corrected chi connectivity index (χ1v) is 9.30. The van der Waals surface area contributed by atoms with Crippen LogP contribution in [0.3, 0.4) is 0 Å². The molecule has 1 amide bonds. The molecule has 2 saturated heterocycles. The first kappa shape index (κ1) is 17.7. The molecule has 0 unspecified atom stereocenters. The van der Waals surface area contributed by atoms with Crippen LogP contribution in [0.2, 0.25) is 0 Å².